The highest BCUT2D eigenvalue weighted by molar-refractivity contribution is 5.78. The SMILES string of the molecule is CC(NC(=O)CN(C)CCN)c1ccco1. The molecule has 0 radical (unpaired) electrons. The molecule has 1 aromatic heterocycles. The molecule has 1 rings (SSSR count). The summed E-state index contributed by atoms with van der Waals surface area (Å²) < 4.78 is 5.20. The second-order valence-corrected chi connectivity index (χ2v) is 3.83. The quantitative estimate of drug-likeness (QED) is 0.732. The van der Waals surface area contributed by atoms with Gasteiger partial charge in [-0.1, -0.05) is 0 Å². The van der Waals surface area contributed by atoms with Crippen molar-refractivity contribution < 1.29 is 9.21 Å². The number of amides is 1. The maximum absolute atomic E-state index is 11.6. The standard InChI is InChI=1S/C11H19N3O2/c1-9(10-4-3-7-16-10)13-11(15)8-14(2)6-5-12/h3-4,7,9H,5-6,8,12H2,1-2H3,(H,13,15). The van der Waals surface area contributed by atoms with Gasteiger partial charge in [0.15, 0.2) is 0 Å². The first-order chi connectivity index (χ1) is 7.63. The minimum absolute atomic E-state index is 0.0279. The Morgan fingerprint density at radius 1 is 1.69 bits per heavy atom. The monoisotopic (exact) mass is 225 g/mol. The van der Waals surface area contributed by atoms with E-state index in [-0.39, 0.29) is 11.9 Å². The second-order valence-electron chi connectivity index (χ2n) is 3.83. The Hall–Kier alpha value is -1.33. The number of furan rings is 1. The fourth-order valence-corrected chi connectivity index (χ4v) is 1.44. The molecule has 0 saturated heterocycles. The molecule has 1 amide bonds. The van der Waals surface area contributed by atoms with Crippen molar-refractivity contribution in [3.05, 3.63) is 24.2 Å². The van der Waals surface area contributed by atoms with E-state index < -0.39 is 0 Å². The molecular weight excluding hydrogens is 206 g/mol. The summed E-state index contributed by atoms with van der Waals surface area (Å²) in [6, 6.07) is 3.54. The van der Waals surface area contributed by atoms with Crippen LogP contribution < -0.4 is 11.1 Å². The van der Waals surface area contributed by atoms with Gasteiger partial charge < -0.3 is 15.5 Å². The highest BCUT2D eigenvalue weighted by atomic mass is 16.3. The van der Waals surface area contributed by atoms with Gasteiger partial charge in [-0.2, -0.15) is 0 Å². The Bertz CT molecular complexity index is 311. The first-order valence-corrected chi connectivity index (χ1v) is 5.35. The van der Waals surface area contributed by atoms with Crippen LogP contribution in [0.15, 0.2) is 22.8 Å². The normalized spacial score (nSPS) is 12.8. The number of nitrogens with one attached hydrogen (secondary N) is 1. The molecule has 0 spiro atoms. The highest BCUT2D eigenvalue weighted by Gasteiger charge is 2.12. The van der Waals surface area contributed by atoms with E-state index >= 15 is 0 Å². The molecule has 0 bridgehead atoms. The lowest BCUT2D eigenvalue weighted by Gasteiger charge is -2.17. The number of nitrogens with two attached hydrogens (primary N) is 1. The van der Waals surface area contributed by atoms with Gasteiger partial charge in [-0.05, 0) is 26.1 Å². The zero-order chi connectivity index (χ0) is 12.0. The first kappa shape index (κ1) is 12.7. The summed E-state index contributed by atoms with van der Waals surface area (Å²) in [4.78, 5) is 13.5. The number of carbonyl (C=O) groups is 1. The molecule has 1 unspecified atom stereocenters. The fraction of sp³-hybridized carbons (Fsp3) is 0.545. The van der Waals surface area contributed by atoms with Gasteiger partial charge >= 0.3 is 0 Å². The number of nitrogens with zero attached hydrogens (tertiary/aromatic N) is 1. The fourth-order valence-electron chi connectivity index (χ4n) is 1.44. The molecule has 0 saturated carbocycles. The van der Waals surface area contributed by atoms with Crippen LogP contribution in [-0.4, -0.2) is 37.5 Å². The average molecular weight is 225 g/mol. The van der Waals surface area contributed by atoms with Crippen LogP contribution in [-0.2, 0) is 4.79 Å². The molecule has 16 heavy (non-hydrogen) atoms. The Labute approximate surface area is 95.6 Å². The van der Waals surface area contributed by atoms with Gasteiger partial charge in [-0.3, -0.25) is 9.69 Å². The Morgan fingerprint density at radius 2 is 2.44 bits per heavy atom. The number of hydrogen-bond acceptors (Lipinski definition) is 4. The zero-order valence-corrected chi connectivity index (χ0v) is 9.77. The van der Waals surface area contributed by atoms with Crippen LogP contribution >= 0.6 is 0 Å². The molecule has 1 heterocycles. The van der Waals surface area contributed by atoms with Crippen LogP contribution in [0.1, 0.15) is 18.7 Å². The minimum Gasteiger partial charge on any atom is -0.467 e. The Kier molecular flexibility index (Phi) is 5.01. The van der Waals surface area contributed by atoms with Crippen LogP contribution in [0.25, 0.3) is 0 Å². The van der Waals surface area contributed by atoms with Crippen molar-refractivity contribution in [3.8, 4) is 0 Å². The third-order valence-corrected chi connectivity index (χ3v) is 2.27. The van der Waals surface area contributed by atoms with E-state index in [1.165, 1.54) is 0 Å². The van der Waals surface area contributed by atoms with Crippen LogP contribution in [0.4, 0.5) is 0 Å². The van der Waals surface area contributed by atoms with Crippen molar-refractivity contribution >= 4 is 5.91 Å². The maximum Gasteiger partial charge on any atom is 0.234 e. The van der Waals surface area contributed by atoms with Gasteiger partial charge in [0, 0.05) is 13.1 Å². The van der Waals surface area contributed by atoms with Gasteiger partial charge in [0.05, 0.1) is 18.8 Å². The Balaban J connectivity index is 2.34. The number of likely N-dealkylation sites (N-methyl/N-ethyl adjacent to an activating group) is 1. The van der Waals surface area contributed by atoms with Crippen LogP contribution in [0.2, 0.25) is 0 Å². The molecule has 0 fully saturated rings. The van der Waals surface area contributed by atoms with Crippen molar-refractivity contribution in [2.45, 2.75) is 13.0 Å². The summed E-state index contributed by atoms with van der Waals surface area (Å²) in [5.74, 6) is 0.731. The Morgan fingerprint density at radius 3 is 3.00 bits per heavy atom. The van der Waals surface area contributed by atoms with Gasteiger partial charge in [-0.15, -0.1) is 0 Å². The topological polar surface area (TPSA) is 71.5 Å². The summed E-state index contributed by atoms with van der Waals surface area (Å²) in [6.45, 7) is 3.50. The van der Waals surface area contributed by atoms with Crippen LogP contribution in [0.5, 0.6) is 0 Å². The van der Waals surface area contributed by atoms with Gasteiger partial charge in [0.2, 0.25) is 5.91 Å². The van der Waals surface area contributed by atoms with Gasteiger partial charge in [-0.25, -0.2) is 0 Å². The molecule has 3 N–H and O–H groups in total. The van der Waals surface area contributed by atoms with Crippen LogP contribution in [0.3, 0.4) is 0 Å². The summed E-state index contributed by atoms with van der Waals surface area (Å²) >= 11 is 0. The van der Waals surface area contributed by atoms with Gasteiger partial charge in [0.1, 0.15) is 5.76 Å². The first-order valence-electron chi connectivity index (χ1n) is 5.35. The van der Waals surface area contributed by atoms with Crippen molar-refractivity contribution in [1.82, 2.24) is 10.2 Å². The van der Waals surface area contributed by atoms with E-state index in [4.69, 9.17) is 10.2 Å². The molecule has 90 valence electrons. The summed E-state index contributed by atoms with van der Waals surface area (Å²) in [7, 11) is 1.87. The van der Waals surface area contributed by atoms with Crippen molar-refractivity contribution in [2.75, 3.05) is 26.7 Å². The molecule has 0 aliphatic heterocycles. The molecule has 1 aromatic rings. The predicted molar refractivity (Wildman–Crippen MR) is 61.8 cm³/mol. The van der Waals surface area contributed by atoms with Gasteiger partial charge in [0.25, 0.3) is 0 Å². The number of carbonyl (C=O) groups excluding carboxylic acids is 1. The lowest BCUT2D eigenvalue weighted by atomic mass is 10.2. The summed E-state index contributed by atoms with van der Waals surface area (Å²) in [5.41, 5.74) is 5.40. The van der Waals surface area contributed by atoms with Crippen molar-refractivity contribution in [2.24, 2.45) is 5.73 Å². The lowest BCUT2D eigenvalue weighted by Crippen LogP contribution is -2.38. The van der Waals surface area contributed by atoms with E-state index in [2.05, 4.69) is 5.32 Å². The largest absolute Gasteiger partial charge is 0.467 e. The van der Waals surface area contributed by atoms with Crippen molar-refractivity contribution in [3.63, 3.8) is 0 Å². The van der Waals surface area contributed by atoms with E-state index in [0.717, 1.165) is 5.76 Å². The second kappa shape index (κ2) is 6.30. The molecule has 0 aliphatic carbocycles. The third-order valence-electron chi connectivity index (χ3n) is 2.27. The summed E-state index contributed by atoms with van der Waals surface area (Å²) in [5, 5.41) is 2.86. The molecular formula is C11H19N3O2. The molecule has 5 heteroatoms. The highest BCUT2D eigenvalue weighted by Crippen LogP contribution is 2.11. The predicted octanol–water partition coefficient (Wildman–Crippen LogP) is 0.347. The average Bonchev–Trinajstić information content (AvgIpc) is 2.69. The van der Waals surface area contributed by atoms with E-state index in [9.17, 15) is 4.79 Å². The summed E-state index contributed by atoms with van der Waals surface area (Å²) in [6.07, 6.45) is 1.60. The molecule has 1 atom stereocenters. The smallest absolute Gasteiger partial charge is 0.234 e. The molecule has 5 nitrogen and oxygen atoms in total. The number of hydrogen-bond donors (Lipinski definition) is 2. The zero-order valence-electron chi connectivity index (χ0n) is 9.77. The number of rotatable bonds is 6. The van der Waals surface area contributed by atoms with Crippen molar-refractivity contribution in [1.29, 1.82) is 0 Å². The third kappa shape index (κ3) is 4.04. The van der Waals surface area contributed by atoms with E-state index in [1.54, 1.807) is 12.3 Å². The van der Waals surface area contributed by atoms with Crippen LogP contribution in [0, 0.1) is 0 Å². The lowest BCUT2D eigenvalue weighted by molar-refractivity contribution is -0.122. The van der Waals surface area contributed by atoms with E-state index in [0.29, 0.717) is 19.6 Å². The molecule has 0 aliphatic rings. The minimum atomic E-state index is -0.103. The molecule has 0 aromatic carbocycles. The maximum atomic E-state index is 11.6. The van der Waals surface area contributed by atoms with E-state index in [1.807, 2.05) is 24.9 Å².